The van der Waals surface area contributed by atoms with Crippen molar-refractivity contribution in [2.24, 2.45) is 0 Å². The molecule has 1 aromatic rings. The summed E-state index contributed by atoms with van der Waals surface area (Å²) in [6, 6.07) is 4.98. The quantitative estimate of drug-likeness (QED) is 0.875. The number of nitrogens with one attached hydrogen (secondary N) is 2. The summed E-state index contributed by atoms with van der Waals surface area (Å²) < 4.78 is 26.8. The molecule has 4 nitrogen and oxygen atoms in total. The maximum Gasteiger partial charge on any atom is 0.242 e. The van der Waals surface area contributed by atoms with Gasteiger partial charge in [0.25, 0.3) is 0 Å². The van der Waals surface area contributed by atoms with E-state index < -0.39 is 10.0 Å². The molecule has 1 aliphatic heterocycles. The molecule has 7 heteroatoms. The molecule has 1 heterocycles. The zero-order valence-corrected chi connectivity index (χ0v) is 12.7. The second-order valence-electron chi connectivity index (χ2n) is 4.53. The number of benzene rings is 1. The van der Waals surface area contributed by atoms with E-state index in [1.807, 2.05) is 0 Å². The molecule has 1 aromatic carbocycles. The van der Waals surface area contributed by atoms with Gasteiger partial charge in [0.2, 0.25) is 10.0 Å². The fourth-order valence-electron chi connectivity index (χ4n) is 2.14. The molecule has 2 N–H and O–H groups in total. The van der Waals surface area contributed by atoms with Crippen LogP contribution in [0.3, 0.4) is 0 Å². The molecule has 0 radical (unpaired) electrons. The fraction of sp³-hybridized carbons (Fsp3) is 0.500. The lowest BCUT2D eigenvalue weighted by atomic mass is 10.2. The number of rotatable bonds is 5. The summed E-state index contributed by atoms with van der Waals surface area (Å²) in [5.41, 5.74) is 0. The minimum Gasteiger partial charge on any atom is -0.314 e. The van der Waals surface area contributed by atoms with Crippen molar-refractivity contribution in [3.63, 3.8) is 0 Å². The monoisotopic (exact) mass is 322 g/mol. The highest BCUT2D eigenvalue weighted by Gasteiger charge is 2.20. The molecule has 0 aromatic heterocycles. The Hall–Kier alpha value is -0.330. The topological polar surface area (TPSA) is 58.2 Å². The normalized spacial score (nSPS) is 19.8. The van der Waals surface area contributed by atoms with Crippen LogP contribution in [0.4, 0.5) is 0 Å². The first kappa shape index (κ1) is 15.1. The van der Waals surface area contributed by atoms with E-state index in [9.17, 15) is 8.42 Å². The van der Waals surface area contributed by atoms with Crippen molar-refractivity contribution in [3.05, 3.63) is 28.2 Å². The van der Waals surface area contributed by atoms with Crippen molar-refractivity contribution >= 4 is 33.2 Å². The van der Waals surface area contributed by atoms with Gasteiger partial charge in [-0.2, -0.15) is 0 Å². The average molecular weight is 323 g/mol. The second kappa shape index (κ2) is 6.41. The van der Waals surface area contributed by atoms with Gasteiger partial charge in [0, 0.05) is 12.6 Å². The van der Waals surface area contributed by atoms with Crippen molar-refractivity contribution in [1.82, 2.24) is 10.0 Å². The molecule has 19 heavy (non-hydrogen) atoms. The predicted molar refractivity (Wildman–Crippen MR) is 77.3 cm³/mol. The van der Waals surface area contributed by atoms with Crippen LogP contribution in [0.1, 0.15) is 19.3 Å². The summed E-state index contributed by atoms with van der Waals surface area (Å²) in [4.78, 5) is 0.0287. The highest BCUT2D eigenvalue weighted by Crippen LogP contribution is 2.28. The molecule has 0 amide bonds. The van der Waals surface area contributed by atoms with Crippen LogP contribution in [0.5, 0.6) is 0 Å². The van der Waals surface area contributed by atoms with Gasteiger partial charge in [0.1, 0.15) is 4.90 Å². The van der Waals surface area contributed by atoms with E-state index in [1.54, 1.807) is 12.1 Å². The van der Waals surface area contributed by atoms with E-state index in [2.05, 4.69) is 10.0 Å². The van der Waals surface area contributed by atoms with E-state index in [-0.39, 0.29) is 14.9 Å². The minimum absolute atomic E-state index is 0.0287. The summed E-state index contributed by atoms with van der Waals surface area (Å²) in [5.74, 6) is 0. The van der Waals surface area contributed by atoms with Gasteiger partial charge in [-0.25, -0.2) is 13.1 Å². The fourth-order valence-corrected chi connectivity index (χ4v) is 3.95. The first-order valence-corrected chi connectivity index (χ1v) is 8.41. The zero-order chi connectivity index (χ0) is 13.9. The second-order valence-corrected chi connectivity index (χ2v) is 7.05. The Morgan fingerprint density at radius 2 is 2.16 bits per heavy atom. The Labute approximate surface area is 123 Å². The van der Waals surface area contributed by atoms with Gasteiger partial charge in [-0.1, -0.05) is 29.3 Å². The van der Waals surface area contributed by atoms with Crippen LogP contribution in [0.25, 0.3) is 0 Å². The number of halogens is 2. The summed E-state index contributed by atoms with van der Waals surface area (Å²) in [6.07, 6.45) is 3.02. The third kappa shape index (κ3) is 3.83. The van der Waals surface area contributed by atoms with Crippen LogP contribution in [-0.2, 0) is 10.0 Å². The number of hydrogen-bond acceptors (Lipinski definition) is 3. The average Bonchev–Trinajstić information content (AvgIpc) is 2.85. The molecule has 1 aliphatic rings. The van der Waals surface area contributed by atoms with Crippen LogP contribution in [0.15, 0.2) is 23.1 Å². The maximum absolute atomic E-state index is 12.1. The Balaban J connectivity index is 1.99. The molecule has 1 fully saturated rings. The Morgan fingerprint density at radius 3 is 2.84 bits per heavy atom. The molecule has 2 rings (SSSR count). The van der Waals surface area contributed by atoms with Crippen molar-refractivity contribution in [2.45, 2.75) is 30.2 Å². The summed E-state index contributed by atoms with van der Waals surface area (Å²) in [6.45, 7) is 1.40. The Bertz CT molecular complexity index is 543. The van der Waals surface area contributed by atoms with E-state index >= 15 is 0 Å². The first-order valence-electron chi connectivity index (χ1n) is 6.18. The predicted octanol–water partition coefficient (Wildman–Crippen LogP) is 2.41. The number of hydrogen-bond donors (Lipinski definition) is 2. The Morgan fingerprint density at radius 1 is 1.37 bits per heavy atom. The van der Waals surface area contributed by atoms with Crippen LogP contribution < -0.4 is 10.0 Å². The molecule has 0 spiro atoms. The zero-order valence-electron chi connectivity index (χ0n) is 10.3. The van der Waals surface area contributed by atoms with Crippen LogP contribution in [0.2, 0.25) is 10.0 Å². The van der Waals surface area contributed by atoms with Gasteiger partial charge in [-0.05, 0) is 37.9 Å². The lowest BCUT2D eigenvalue weighted by Crippen LogP contribution is -2.30. The lowest BCUT2D eigenvalue weighted by Gasteiger charge is -2.12. The third-order valence-electron chi connectivity index (χ3n) is 3.15. The van der Waals surface area contributed by atoms with Crippen LogP contribution >= 0.6 is 23.2 Å². The molecule has 0 bridgehead atoms. The Kier molecular flexibility index (Phi) is 5.09. The van der Waals surface area contributed by atoms with Crippen LogP contribution in [-0.4, -0.2) is 27.5 Å². The van der Waals surface area contributed by atoms with Gasteiger partial charge in [0.15, 0.2) is 0 Å². The maximum atomic E-state index is 12.1. The highest BCUT2D eigenvalue weighted by molar-refractivity contribution is 7.89. The molecule has 0 saturated carbocycles. The SMILES string of the molecule is O=S(=O)(NCCC1CCCN1)c1cccc(Cl)c1Cl. The van der Waals surface area contributed by atoms with Gasteiger partial charge in [0.05, 0.1) is 10.0 Å². The summed E-state index contributed by atoms with van der Waals surface area (Å²) in [5, 5.41) is 3.62. The minimum atomic E-state index is -3.60. The van der Waals surface area contributed by atoms with E-state index in [1.165, 1.54) is 6.07 Å². The molecule has 1 saturated heterocycles. The highest BCUT2D eigenvalue weighted by atomic mass is 35.5. The number of sulfonamides is 1. The standard InChI is InChI=1S/C12H16Cl2N2O2S/c13-10-4-1-5-11(12(10)14)19(17,18)16-8-6-9-3-2-7-15-9/h1,4-5,9,15-16H,2-3,6-8H2. The lowest BCUT2D eigenvalue weighted by molar-refractivity contribution is 0.539. The van der Waals surface area contributed by atoms with E-state index in [0.717, 1.165) is 25.8 Å². The molecule has 106 valence electrons. The molecule has 0 aliphatic carbocycles. The van der Waals surface area contributed by atoms with Crippen molar-refractivity contribution in [2.75, 3.05) is 13.1 Å². The smallest absolute Gasteiger partial charge is 0.242 e. The van der Waals surface area contributed by atoms with Gasteiger partial charge in [-0.15, -0.1) is 0 Å². The molecule has 1 atom stereocenters. The summed E-state index contributed by atoms with van der Waals surface area (Å²) >= 11 is 11.7. The van der Waals surface area contributed by atoms with Crippen molar-refractivity contribution in [1.29, 1.82) is 0 Å². The van der Waals surface area contributed by atoms with E-state index in [0.29, 0.717) is 12.6 Å². The van der Waals surface area contributed by atoms with Crippen LogP contribution in [0, 0.1) is 0 Å². The summed E-state index contributed by atoms with van der Waals surface area (Å²) in [7, 11) is -3.60. The van der Waals surface area contributed by atoms with Gasteiger partial charge < -0.3 is 5.32 Å². The molecule has 1 unspecified atom stereocenters. The van der Waals surface area contributed by atoms with E-state index in [4.69, 9.17) is 23.2 Å². The third-order valence-corrected chi connectivity index (χ3v) is 5.59. The van der Waals surface area contributed by atoms with Crippen molar-refractivity contribution in [3.8, 4) is 0 Å². The van der Waals surface area contributed by atoms with Gasteiger partial charge >= 0.3 is 0 Å². The first-order chi connectivity index (χ1) is 9.00. The largest absolute Gasteiger partial charge is 0.314 e. The van der Waals surface area contributed by atoms with Gasteiger partial charge in [-0.3, -0.25) is 0 Å². The molecular weight excluding hydrogens is 307 g/mol. The van der Waals surface area contributed by atoms with Crippen molar-refractivity contribution < 1.29 is 8.42 Å². The molecular formula is C12H16Cl2N2O2S.